The molecule has 2 aliphatic heterocycles. The summed E-state index contributed by atoms with van der Waals surface area (Å²) in [5, 5.41) is 0. The van der Waals surface area contributed by atoms with Gasteiger partial charge >= 0.3 is 6.03 Å². The first-order valence-corrected chi connectivity index (χ1v) is 11.3. The number of pyridine rings is 1. The van der Waals surface area contributed by atoms with E-state index in [0.717, 1.165) is 31.7 Å². The number of rotatable bonds is 5. The number of nitrogens with zero attached hydrogens (tertiary/aromatic N) is 4. The zero-order valence-corrected chi connectivity index (χ0v) is 17.8. The van der Waals surface area contributed by atoms with Crippen LogP contribution in [0.15, 0.2) is 24.4 Å². The van der Waals surface area contributed by atoms with Crippen LogP contribution in [0.4, 0.5) is 10.6 Å². The number of carbonyl (C=O) groups excluding carboxylic acids is 2. The molecular formula is C23H34N4O2. The summed E-state index contributed by atoms with van der Waals surface area (Å²) in [5.74, 6) is 1.82. The lowest BCUT2D eigenvalue weighted by molar-refractivity contribution is -0.135. The third-order valence-electron chi connectivity index (χ3n) is 6.90. The quantitative estimate of drug-likeness (QED) is 0.706. The van der Waals surface area contributed by atoms with Crippen molar-refractivity contribution < 1.29 is 9.59 Å². The summed E-state index contributed by atoms with van der Waals surface area (Å²) in [6, 6.07) is 5.87. The largest absolute Gasteiger partial charge is 0.356 e. The van der Waals surface area contributed by atoms with E-state index in [1.807, 2.05) is 23.1 Å². The molecule has 0 radical (unpaired) electrons. The lowest BCUT2D eigenvalue weighted by Gasteiger charge is -2.43. The monoisotopic (exact) mass is 398 g/mol. The molecule has 29 heavy (non-hydrogen) atoms. The van der Waals surface area contributed by atoms with E-state index in [1.165, 1.54) is 19.3 Å². The highest BCUT2D eigenvalue weighted by molar-refractivity contribution is 6.07. The molecule has 1 aliphatic carbocycles. The van der Waals surface area contributed by atoms with Gasteiger partial charge in [-0.05, 0) is 49.7 Å². The van der Waals surface area contributed by atoms with Crippen LogP contribution in [0.5, 0.6) is 0 Å². The van der Waals surface area contributed by atoms with Crippen LogP contribution in [0, 0.1) is 11.8 Å². The maximum Gasteiger partial charge on any atom is 0.327 e. The summed E-state index contributed by atoms with van der Waals surface area (Å²) < 4.78 is 0. The fraction of sp³-hybridized carbons (Fsp3) is 0.696. The van der Waals surface area contributed by atoms with Crippen molar-refractivity contribution in [3.63, 3.8) is 0 Å². The van der Waals surface area contributed by atoms with Crippen molar-refractivity contribution in [2.45, 2.75) is 64.3 Å². The van der Waals surface area contributed by atoms with Gasteiger partial charge in [-0.1, -0.05) is 39.2 Å². The molecule has 0 aromatic carbocycles. The summed E-state index contributed by atoms with van der Waals surface area (Å²) >= 11 is 0. The second kappa shape index (κ2) is 8.33. The maximum atomic E-state index is 13.6. The van der Waals surface area contributed by atoms with E-state index >= 15 is 0 Å². The number of anilines is 1. The average molecular weight is 399 g/mol. The summed E-state index contributed by atoms with van der Waals surface area (Å²) in [6.45, 7) is 7.01. The van der Waals surface area contributed by atoms with Crippen LogP contribution in [0.1, 0.15) is 58.8 Å². The third-order valence-corrected chi connectivity index (χ3v) is 6.90. The Balaban J connectivity index is 1.53. The van der Waals surface area contributed by atoms with Gasteiger partial charge in [-0.3, -0.25) is 9.69 Å². The van der Waals surface area contributed by atoms with Crippen molar-refractivity contribution in [2.75, 3.05) is 31.1 Å². The minimum absolute atomic E-state index is 0.0504. The predicted molar refractivity (Wildman–Crippen MR) is 114 cm³/mol. The lowest BCUT2D eigenvalue weighted by Crippen LogP contribution is -2.57. The first-order valence-electron chi connectivity index (χ1n) is 11.3. The van der Waals surface area contributed by atoms with Gasteiger partial charge in [0, 0.05) is 32.4 Å². The molecule has 3 aliphatic rings. The van der Waals surface area contributed by atoms with Crippen molar-refractivity contribution in [1.82, 2.24) is 14.8 Å². The Kier molecular flexibility index (Phi) is 5.79. The van der Waals surface area contributed by atoms with Crippen LogP contribution in [0.3, 0.4) is 0 Å². The minimum Gasteiger partial charge on any atom is -0.356 e. The van der Waals surface area contributed by atoms with E-state index in [0.29, 0.717) is 37.8 Å². The molecule has 0 atom stereocenters. The molecule has 4 rings (SSSR count). The van der Waals surface area contributed by atoms with Gasteiger partial charge in [0.05, 0.1) is 0 Å². The topological polar surface area (TPSA) is 56.8 Å². The lowest BCUT2D eigenvalue weighted by atomic mass is 9.84. The van der Waals surface area contributed by atoms with E-state index in [9.17, 15) is 9.59 Å². The number of aromatic nitrogens is 1. The van der Waals surface area contributed by atoms with Gasteiger partial charge in [0.1, 0.15) is 11.4 Å². The Morgan fingerprint density at radius 3 is 2.45 bits per heavy atom. The number of amides is 3. The highest BCUT2D eigenvalue weighted by atomic mass is 16.2. The van der Waals surface area contributed by atoms with Crippen molar-refractivity contribution in [3.05, 3.63) is 24.4 Å². The van der Waals surface area contributed by atoms with Gasteiger partial charge in [0.2, 0.25) is 0 Å². The Morgan fingerprint density at radius 2 is 1.83 bits per heavy atom. The third kappa shape index (κ3) is 3.86. The molecule has 2 saturated heterocycles. The van der Waals surface area contributed by atoms with E-state index in [1.54, 1.807) is 11.1 Å². The Bertz CT molecular complexity index is 722. The molecule has 6 heteroatoms. The molecule has 1 aromatic rings. The summed E-state index contributed by atoms with van der Waals surface area (Å²) in [4.78, 5) is 37.2. The van der Waals surface area contributed by atoms with E-state index < -0.39 is 5.54 Å². The zero-order valence-electron chi connectivity index (χ0n) is 17.8. The van der Waals surface area contributed by atoms with Crippen molar-refractivity contribution in [3.8, 4) is 0 Å². The highest BCUT2D eigenvalue weighted by Gasteiger charge is 2.58. The smallest absolute Gasteiger partial charge is 0.327 e. The van der Waals surface area contributed by atoms with Crippen LogP contribution < -0.4 is 4.90 Å². The number of carbonyl (C=O) groups is 2. The van der Waals surface area contributed by atoms with E-state index in [-0.39, 0.29) is 11.9 Å². The van der Waals surface area contributed by atoms with E-state index in [4.69, 9.17) is 0 Å². The zero-order chi connectivity index (χ0) is 20.4. The molecule has 6 nitrogen and oxygen atoms in total. The highest BCUT2D eigenvalue weighted by Crippen LogP contribution is 2.39. The molecule has 3 heterocycles. The van der Waals surface area contributed by atoms with Crippen LogP contribution in [0.25, 0.3) is 0 Å². The summed E-state index contributed by atoms with van der Waals surface area (Å²) in [5.41, 5.74) is -0.665. The number of piperidine rings is 1. The fourth-order valence-electron chi connectivity index (χ4n) is 5.32. The number of hydrogen-bond acceptors (Lipinski definition) is 4. The van der Waals surface area contributed by atoms with Crippen LogP contribution in [0.2, 0.25) is 0 Å². The van der Waals surface area contributed by atoms with Crippen molar-refractivity contribution in [2.24, 2.45) is 11.8 Å². The second-order valence-electron chi connectivity index (χ2n) is 9.41. The number of urea groups is 1. The second-order valence-corrected chi connectivity index (χ2v) is 9.41. The molecule has 1 aromatic heterocycles. The molecule has 0 bridgehead atoms. The minimum atomic E-state index is -0.665. The molecule has 3 fully saturated rings. The van der Waals surface area contributed by atoms with Crippen LogP contribution >= 0.6 is 0 Å². The number of imide groups is 1. The first kappa shape index (κ1) is 20.2. The SMILES string of the molecule is CC(C)CN1C(=O)N(CC2CCCCC2)C(=O)C12CCN(c1ccccn1)CC2. The molecule has 0 N–H and O–H groups in total. The predicted octanol–water partition coefficient (Wildman–Crippen LogP) is 3.92. The van der Waals surface area contributed by atoms with Crippen LogP contribution in [-0.4, -0.2) is 58.4 Å². The summed E-state index contributed by atoms with van der Waals surface area (Å²) in [7, 11) is 0. The molecule has 1 spiro atoms. The standard InChI is InChI=1S/C23H34N4O2/c1-18(2)16-27-22(29)26(17-19-8-4-3-5-9-19)21(28)23(27)11-14-25(15-12-23)20-10-6-7-13-24-20/h6-7,10,13,18-19H,3-5,8-9,11-12,14-17H2,1-2H3. The van der Waals surface area contributed by atoms with Crippen LogP contribution in [-0.2, 0) is 4.79 Å². The van der Waals surface area contributed by atoms with Gasteiger partial charge in [-0.2, -0.15) is 0 Å². The van der Waals surface area contributed by atoms with Gasteiger partial charge in [-0.25, -0.2) is 9.78 Å². The average Bonchev–Trinajstić information content (AvgIpc) is 2.92. The Labute approximate surface area is 174 Å². The first-order chi connectivity index (χ1) is 14.0. The van der Waals surface area contributed by atoms with E-state index in [2.05, 4.69) is 23.7 Å². The molecule has 158 valence electrons. The number of hydrogen-bond donors (Lipinski definition) is 0. The molecule has 1 saturated carbocycles. The molecule has 0 unspecified atom stereocenters. The normalized spacial score (nSPS) is 22.9. The fourth-order valence-corrected chi connectivity index (χ4v) is 5.32. The Hall–Kier alpha value is -2.11. The maximum absolute atomic E-state index is 13.6. The van der Waals surface area contributed by atoms with Crippen molar-refractivity contribution in [1.29, 1.82) is 0 Å². The summed E-state index contributed by atoms with van der Waals surface area (Å²) in [6.07, 6.45) is 9.18. The van der Waals surface area contributed by atoms with Gasteiger partial charge in [0.15, 0.2) is 0 Å². The van der Waals surface area contributed by atoms with Gasteiger partial charge in [-0.15, -0.1) is 0 Å². The van der Waals surface area contributed by atoms with Gasteiger partial charge in [0.25, 0.3) is 5.91 Å². The molecule has 3 amide bonds. The Morgan fingerprint density at radius 1 is 1.10 bits per heavy atom. The molecular weight excluding hydrogens is 364 g/mol. The van der Waals surface area contributed by atoms with Gasteiger partial charge < -0.3 is 9.80 Å². The van der Waals surface area contributed by atoms with Crippen molar-refractivity contribution >= 4 is 17.8 Å².